The van der Waals surface area contributed by atoms with Crippen molar-refractivity contribution in [1.82, 2.24) is 19.9 Å². The number of anilines is 4. The quantitative estimate of drug-likeness (QED) is 0.175. The first-order valence-electron chi connectivity index (χ1n) is 10.6. The number of aromatic nitrogens is 4. The summed E-state index contributed by atoms with van der Waals surface area (Å²) < 4.78 is 23.1. The number of sulfonamides is 1. The molecule has 0 aliphatic rings. The minimum Gasteiger partial charge on any atom is -0.493 e. The second kappa shape index (κ2) is 9.81. The number of halogens is 1. The van der Waals surface area contributed by atoms with Gasteiger partial charge in [-0.25, -0.2) is 13.6 Å². The van der Waals surface area contributed by atoms with Crippen LogP contribution in [0.15, 0.2) is 87.9 Å². The highest BCUT2D eigenvalue weighted by atomic mass is 35.5. The number of azo groups is 1. The molecule has 0 radical (unpaired) electrons. The molecular weight excluding hydrogens is 518 g/mol. The topological polar surface area (TPSA) is 184 Å². The number of aromatic amines is 1. The molecular formula is C23H18ClN9O3S. The summed E-state index contributed by atoms with van der Waals surface area (Å²) in [7, 11) is -3.83. The van der Waals surface area contributed by atoms with Gasteiger partial charge in [-0.05, 0) is 54.6 Å². The summed E-state index contributed by atoms with van der Waals surface area (Å²) in [6.45, 7) is 0. The lowest BCUT2D eigenvalue weighted by Gasteiger charge is -2.09. The number of nitrogens with one attached hydrogen (secondary N) is 3. The number of primary sulfonamides is 1. The minimum atomic E-state index is -3.83. The van der Waals surface area contributed by atoms with Crippen LogP contribution in [0.3, 0.4) is 0 Å². The van der Waals surface area contributed by atoms with Crippen LogP contribution in [0.25, 0.3) is 10.9 Å². The fourth-order valence-corrected chi connectivity index (χ4v) is 4.05. The third-order valence-corrected chi connectivity index (χ3v) is 6.21. The third-order valence-electron chi connectivity index (χ3n) is 5.05. The number of hydrogen-bond donors (Lipinski definition) is 5. The predicted molar refractivity (Wildman–Crippen MR) is 140 cm³/mol. The molecule has 5 rings (SSSR count). The summed E-state index contributed by atoms with van der Waals surface area (Å²) in [4.78, 5) is 15.7. The number of nitrogens with zero attached hydrogens (tertiary/aromatic N) is 5. The molecule has 6 N–H and O–H groups in total. The Kier molecular flexibility index (Phi) is 6.40. The average molecular weight is 536 g/mol. The maximum absolute atomic E-state index is 11.5. The van der Waals surface area contributed by atoms with E-state index in [0.29, 0.717) is 21.6 Å². The fourth-order valence-electron chi connectivity index (χ4n) is 3.36. The van der Waals surface area contributed by atoms with E-state index in [9.17, 15) is 13.5 Å². The van der Waals surface area contributed by atoms with Gasteiger partial charge in [0.1, 0.15) is 0 Å². The second-order valence-electron chi connectivity index (χ2n) is 7.68. The molecule has 2 heterocycles. The molecule has 186 valence electrons. The lowest BCUT2D eigenvalue weighted by molar-refractivity contribution is 0.459. The van der Waals surface area contributed by atoms with E-state index in [4.69, 9.17) is 16.7 Å². The van der Waals surface area contributed by atoms with Gasteiger partial charge in [0.25, 0.3) is 5.95 Å². The SMILES string of the molecule is NS(=O)(=O)c1ccc(Nc2nc(N=Nc3c(O)[nH]c4ccc(Cl)cc34)nc(Nc3ccccc3)n2)cc1. The highest BCUT2D eigenvalue weighted by Crippen LogP contribution is 2.37. The van der Waals surface area contributed by atoms with Crippen molar-refractivity contribution in [2.24, 2.45) is 15.4 Å². The third kappa shape index (κ3) is 5.64. The van der Waals surface area contributed by atoms with Crippen LogP contribution in [0.2, 0.25) is 5.02 Å². The molecule has 0 bridgehead atoms. The zero-order valence-corrected chi connectivity index (χ0v) is 20.4. The Bertz CT molecular complexity index is 1720. The van der Waals surface area contributed by atoms with Crippen LogP contribution in [0.4, 0.5) is 34.9 Å². The van der Waals surface area contributed by atoms with E-state index in [-0.39, 0.29) is 34.3 Å². The van der Waals surface area contributed by atoms with Gasteiger partial charge >= 0.3 is 0 Å². The van der Waals surface area contributed by atoms with Crippen molar-refractivity contribution < 1.29 is 13.5 Å². The van der Waals surface area contributed by atoms with Gasteiger partial charge in [-0.1, -0.05) is 29.8 Å². The standard InChI is InChI=1S/C23H18ClN9O3S/c24-13-6-11-18-17(12-13)19(20(34)28-18)32-33-23-30-21(26-14-4-2-1-3-5-14)29-22(31-23)27-15-7-9-16(10-8-15)37(25,35)36/h1-12,28,34H,(H2,25,35,36)(H2,26,27,29,30,31). The zero-order valence-electron chi connectivity index (χ0n) is 18.8. The first kappa shape index (κ1) is 24.1. The molecule has 0 amide bonds. The first-order valence-corrected chi connectivity index (χ1v) is 12.6. The monoisotopic (exact) mass is 535 g/mol. The highest BCUT2D eigenvalue weighted by Gasteiger charge is 2.13. The van der Waals surface area contributed by atoms with Crippen molar-refractivity contribution in [2.75, 3.05) is 10.6 Å². The van der Waals surface area contributed by atoms with Crippen LogP contribution >= 0.6 is 11.6 Å². The van der Waals surface area contributed by atoms with Gasteiger partial charge in [0.15, 0.2) is 5.69 Å². The number of hydrogen-bond acceptors (Lipinski definition) is 10. The molecule has 0 saturated carbocycles. The Morgan fingerprint density at radius 2 is 1.51 bits per heavy atom. The van der Waals surface area contributed by atoms with Crippen LogP contribution in [0.5, 0.6) is 5.88 Å². The molecule has 0 aliphatic carbocycles. The molecule has 0 atom stereocenters. The van der Waals surface area contributed by atoms with Gasteiger partial charge in [-0.15, -0.1) is 10.2 Å². The molecule has 2 aromatic heterocycles. The van der Waals surface area contributed by atoms with Gasteiger partial charge < -0.3 is 20.7 Å². The molecule has 0 spiro atoms. The van der Waals surface area contributed by atoms with E-state index in [1.165, 1.54) is 24.3 Å². The summed E-state index contributed by atoms with van der Waals surface area (Å²) in [5.41, 5.74) is 2.02. The Morgan fingerprint density at radius 1 is 0.865 bits per heavy atom. The summed E-state index contributed by atoms with van der Waals surface area (Å²) in [5, 5.41) is 30.8. The molecule has 0 unspecified atom stereocenters. The summed E-state index contributed by atoms with van der Waals surface area (Å²) in [5.74, 6) is 0.0285. The first-order chi connectivity index (χ1) is 17.7. The van der Waals surface area contributed by atoms with Crippen LogP contribution in [-0.2, 0) is 10.0 Å². The second-order valence-corrected chi connectivity index (χ2v) is 9.68. The number of H-pyrrole nitrogens is 1. The van der Waals surface area contributed by atoms with E-state index < -0.39 is 10.0 Å². The van der Waals surface area contributed by atoms with Gasteiger partial charge in [-0.3, -0.25) is 0 Å². The Labute approximate surface area is 215 Å². The highest BCUT2D eigenvalue weighted by molar-refractivity contribution is 7.89. The van der Waals surface area contributed by atoms with Gasteiger partial charge in [0.05, 0.1) is 10.4 Å². The minimum absolute atomic E-state index is 0.0340. The van der Waals surface area contributed by atoms with E-state index in [1.807, 2.05) is 30.3 Å². The normalized spacial score (nSPS) is 11.7. The number of aromatic hydroxyl groups is 1. The summed E-state index contributed by atoms with van der Waals surface area (Å²) in [6, 6.07) is 20.0. The van der Waals surface area contributed by atoms with Crippen LogP contribution in [0, 0.1) is 0 Å². The van der Waals surface area contributed by atoms with E-state index in [2.05, 4.69) is 40.8 Å². The molecule has 5 aromatic rings. The van der Waals surface area contributed by atoms with Crippen molar-refractivity contribution in [2.45, 2.75) is 4.90 Å². The summed E-state index contributed by atoms with van der Waals surface area (Å²) >= 11 is 6.09. The molecule has 12 nitrogen and oxygen atoms in total. The maximum atomic E-state index is 11.5. The van der Waals surface area contributed by atoms with Gasteiger partial charge in [-0.2, -0.15) is 15.0 Å². The number of para-hydroxylation sites is 1. The van der Waals surface area contributed by atoms with Gasteiger partial charge in [0.2, 0.25) is 27.8 Å². The van der Waals surface area contributed by atoms with Crippen molar-refractivity contribution in [1.29, 1.82) is 0 Å². The van der Waals surface area contributed by atoms with Crippen molar-refractivity contribution in [3.8, 4) is 5.88 Å². The number of benzene rings is 3. The smallest absolute Gasteiger partial charge is 0.275 e. The van der Waals surface area contributed by atoms with Crippen molar-refractivity contribution in [3.63, 3.8) is 0 Å². The Hall–Kier alpha value is -4.59. The van der Waals surface area contributed by atoms with Crippen molar-refractivity contribution >= 4 is 67.4 Å². The average Bonchev–Trinajstić information content (AvgIpc) is 3.17. The zero-order chi connectivity index (χ0) is 26.0. The number of fused-ring (bicyclic) bond motifs is 1. The lowest BCUT2D eigenvalue weighted by atomic mass is 10.2. The number of rotatable bonds is 7. The fraction of sp³-hybridized carbons (Fsp3) is 0. The van der Waals surface area contributed by atoms with Gasteiger partial charge in [0, 0.05) is 21.8 Å². The number of nitrogens with two attached hydrogens (primary N) is 1. The maximum Gasteiger partial charge on any atom is 0.275 e. The molecule has 37 heavy (non-hydrogen) atoms. The van der Waals surface area contributed by atoms with Crippen LogP contribution < -0.4 is 15.8 Å². The van der Waals surface area contributed by atoms with E-state index in [1.54, 1.807) is 18.2 Å². The molecule has 14 heteroatoms. The lowest BCUT2D eigenvalue weighted by Crippen LogP contribution is -2.11. The molecule has 0 aliphatic heterocycles. The Morgan fingerprint density at radius 3 is 2.16 bits per heavy atom. The van der Waals surface area contributed by atoms with Crippen LogP contribution in [-0.4, -0.2) is 33.5 Å². The van der Waals surface area contributed by atoms with E-state index >= 15 is 0 Å². The Balaban J connectivity index is 1.50. The predicted octanol–water partition coefficient (Wildman–Crippen LogP) is 5.26. The molecule has 0 fully saturated rings. The van der Waals surface area contributed by atoms with Crippen molar-refractivity contribution in [3.05, 3.63) is 77.8 Å². The molecule has 3 aromatic carbocycles. The van der Waals surface area contributed by atoms with E-state index in [0.717, 1.165) is 5.69 Å². The van der Waals surface area contributed by atoms with Crippen LogP contribution in [0.1, 0.15) is 0 Å². The molecule has 0 saturated heterocycles. The largest absolute Gasteiger partial charge is 0.493 e. The summed E-state index contributed by atoms with van der Waals surface area (Å²) in [6.07, 6.45) is 0.